The third-order valence-corrected chi connectivity index (χ3v) is 2.40. The maximum absolute atomic E-state index is 13.4. The molecule has 0 saturated heterocycles. The van der Waals surface area contributed by atoms with Crippen LogP contribution in [-0.2, 0) is 6.18 Å². The minimum absolute atomic E-state index is 0. The molecule has 2 nitrogen and oxygen atoms in total. The second kappa shape index (κ2) is 6.92. The fourth-order valence-corrected chi connectivity index (χ4v) is 1.62. The third kappa shape index (κ3) is 4.12. The van der Waals surface area contributed by atoms with Crippen LogP contribution in [0.25, 0.3) is 0 Å². The van der Waals surface area contributed by atoms with Crippen molar-refractivity contribution in [3.05, 3.63) is 35.1 Å². The highest BCUT2D eigenvalue weighted by Crippen LogP contribution is 2.36. The number of hydrogen-bond donors (Lipinski definition) is 2. The lowest BCUT2D eigenvalue weighted by atomic mass is 9.96. The van der Waals surface area contributed by atoms with Crippen molar-refractivity contribution in [2.45, 2.75) is 25.1 Å². The topological polar surface area (TPSA) is 46.2 Å². The van der Waals surface area contributed by atoms with Gasteiger partial charge < -0.3 is 10.8 Å². The first kappa shape index (κ1) is 17.2. The molecule has 0 aromatic heterocycles. The quantitative estimate of drug-likeness (QED) is 0.836. The second-order valence-corrected chi connectivity index (χ2v) is 3.67. The van der Waals surface area contributed by atoms with Crippen LogP contribution < -0.4 is 5.73 Å². The highest BCUT2D eigenvalue weighted by atomic mass is 35.5. The number of rotatable bonds is 4. The highest BCUT2D eigenvalue weighted by molar-refractivity contribution is 5.85. The largest absolute Gasteiger partial charge is 0.416 e. The van der Waals surface area contributed by atoms with Crippen LogP contribution in [0.1, 0.15) is 30.0 Å². The molecule has 0 saturated carbocycles. The molecule has 0 aliphatic heterocycles. The van der Waals surface area contributed by atoms with Gasteiger partial charge >= 0.3 is 6.18 Å². The number of alkyl halides is 3. The fourth-order valence-electron chi connectivity index (χ4n) is 1.62. The van der Waals surface area contributed by atoms with Gasteiger partial charge in [-0.05, 0) is 25.0 Å². The van der Waals surface area contributed by atoms with Gasteiger partial charge in [0.05, 0.1) is 5.56 Å². The van der Waals surface area contributed by atoms with E-state index in [0.717, 1.165) is 18.2 Å². The maximum Gasteiger partial charge on any atom is 0.416 e. The lowest BCUT2D eigenvalue weighted by Gasteiger charge is -2.18. The van der Waals surface area contributed by atoms with Crippen LogP contribution in [0.3, 0.4) is 0 Å². The van der Waals surface area contributed by atoms with E-state index in [-0.39, 0.29) is 31.9 Å². The Morgan fingerprint density at radius 1 is 1.28 bits per heavy atom. The summed E-state index contributed by atoms with van der Waals surface area (Å²) < 4.78 is 51.3. The number of halogens is 5. The van der Waals surface area contributed by atoms with Gasteiger partial charge in [-0.3, -0.25) is 0 Å². The molecular weight excluding hydrogens is 274 g/mol. The molecule has 7 heteroatoms. The molecule has 3 N–H and O–H groups in total. The molecule has 0 heterocycles. The van der Waals surface area contributed by atoms with Crippen LogP contribution in [0.15, 0.2) is 18.2 Å². The van der Waals surface area contributed by atoms with E-state index in [4.69, 9.17) is 10.8 Å². The van der Waals surface area contributed by atoms with Gasteiger partial charge in [-0.25, -0.2) is 4.39 Å². The molecule has 0 radical (unpaired) electrons. The predicted molar refractivity (Wildman–Crippen MR) is 61.9 cm³/mol. The van der Waals surface area contributed by atoms with Crippen LogP contribution in [0.5, 0.6) is 0 Å². The van der Waals surface area contributed by atoms with Crippen LogP contribution in [0, 0.1) is 5.82 Å². The first-order valence-electron chi connectivity index (χ1n) is 5.10. The minimum atomic E-state index is -4.63. The summed E-state index contributed by atoms with van der Waals surface area (Å²) in [5.41, 5.74) is 3.94. The minimum Gasteiger partial charge on any atom is -0.396 e. The van der Waals surface area contributed by atoms with Crippen molar-refractivity contribution in [2.75, 3.05) is 6.61 Å². The molecule has 0 unspecified atom stereocenters. The monoisotopic (exact) mass is 287 g/mol. The molecule has 1 aromatic rings. The van der Waals surface area contributed by atoms with Crippen molar-refractivity contribution >= 4 is 12.4 Å². The SMILES string of the molecule is Cl.N[C@H](CCCO)c1c(F)cccc1C(F)(F)F. The Hall–Kier alpha value is -0.850. The first-order valence-corrected chi connectivity index (χ1v) is 5.10. The molecule has 0 spiro atoms. The van der Waals surface area contributed by atoms with Crippen molar-refractivity contribution in [1.29, 1.82) is 0 Å². The van der Waals surface area contributed by atoms with Crippen molar-refractivity contribution in [1.82, 2.24) is 0 Å². The molecule has 0 bridgehead atoms. The second-order valence-electron chi connectivity index (χ2n) is 3.67. The molecule has 1 aromatic carbocycles. The normalized spacial score (nSPS) is 13.0. The van der Waals surface area contributed by atoms with Crippen LogP contribution in [0.2, 0.25) is 0 Å². The molecule has 0 amide bonds. The summed E-state index contributed by atoms with van der Waals surface area (Å²) in [5, 5.41) is 8.59. The molecule has 0 aliphatic rings. The average Bonchev–Trinajstić information content (AvgIpc) is 2.24. The van der Waals surface area contributed by atoms with Gasteiger partial charge in [-0.15, -0.1) is 12.4 Å². The number of benzene rings is 1. The number of hydrogen-bond acceptors (Lipinski definition) is 2. The van der Waals surface area contributed by atoms with Gasteiger partial charge in [0.2, 0.25) is 0 Å². The molecule has 0 aliphatic carbocycles. The van der Waals surface area contributed by atoms with E-state index in [0.29, 0.717) is 0 Å². The maximum atomic E-state index is 13.4. The Morgan fingerprint density at radius 2 is 1.89 bits per heavy atom. The zero-order valence-corrected chi connectivity index (χ0v) is 10.2. The van der Waals surface area contributed by atoms with Crippen molar-refractivity contribution in [3.63, 3.8) is 0 Å². The number of nitrogens with two attached hydrogens (primary N) is 1. The lowest BCUT2D eigenvalue weighted by Crippen LogP contribution is -2.19. The first-order chi connectivity index (χ1) is 7.88. The zero-order valence-electron chi connectivity index (χ0n) is 9.38. The molecule has 0 fully saturated rings. The predicted octanol–water partition coefficient (Wildman–Crippen LogP) is 3.04. The average molecular weight is 288 g/mol. The summed E-state index contributed by atoms with van der Waals surface area (Å²) in [4.78, 5) is 0. The van der Waals surface area contributed by atoms with Gasteiger partial charge in [0, 0.05) is 18.2 Å². The van der Waals surface area contributed by atoms with E-state index in [9.17, 15) is 17.6 Å². The Kier molecular flexibility index (Phi) is 6.59. The van der Waals surface area contributed by atoms with Crippen molar-refractivity contribution < 1.29 is 22.7 Å². The molecule has 1 atom stereocenters. The Labute approximate surface area is 108 Å². The fraction of sp³-hybridized carbons (Fsp3) is 0.455. The van der Waals surface area contributed by atoms with Crippen LogP contribution in [-0.4, -0.2) is 11.7 Å². The third-order valence-electron chi connectivity index (χ3n) is 2.40. The summed E-state index contributed by atoms with van der Waals surface area (Å²) in [6.45, 7) is -0.191. The Morgan fingerprint density at radius 3 is 2.39 bits per heavy atom. The smallest absolute Gasteiger partial charge is 0.396 e. The summed E-state index contributed by atoms with van der Waals surface area (Å²) in [7, 11) is 0. The van der Waals surface area contributed by atoms with E-state index < -0.39 is 29.2 Å². The van der Waals surface area contributed by atoms with Crippen LogP contribution >= 0.6 is 12.4 Å². The van der Waals surface area contributed by atoms with Gasteiger partial charge in [-0.1, -0.05) is 6.07 Å². The molecule has 104 valence electrons. The Bertz CT molecular complexity index is 384. The van der Waals surface area contributed by atoms with Gasteiger partial charge in [0.15, 0.2) is 0 Å². The van der Waals surface area contributed by atoms with Crippen molar-refractivity contribution in [2.24, 2.45) is 5.73 Å². The lowest BCUT2D eigenvalue weighted by molar-refractivity contribution is -0.138. The Balaban J connectivity index is 0.00000289. The van der Waals surface area contributed by atoms with Gasteiger partial charge in [0.1, 0.15) is 5.82 Å². The van der Waals surface area contributed by atoms with Crippen molar-refractivity contribution in [3.8, 4) is 0 Å². The molecule has 1 rings (SSSR count). The summed E-state index contributed by atoms with van der Waals surface area (Å²) in [5.74, 6) is -0.967. The molecular formula is C11H14ClF4NO. The van der Waals surface area contributed by atoms with E-state index >= 15 is 0 Å². The van der Waals surface area contributed by atoms with Gasteiger partial charge in [-0.2, -0.15) is 13.2 Å². The summed E-state index contributed by atoms with van der Waals surface area (Å²) >= 11 is 0. The zero-order chi connectivity index (χ0) is 13.1. The highest BCUT2D eigenvalue weighted by Gasteiger charge is 2.35. The van der Waals surface area contributed by atoms with Gasteiger partial charge in [0.25, 0.3) is 0 Å². The summed E-state index contributed by atoms with van der Waals surface area (Å²) in [6, 6.07) is 1.68. The van der Waals surface area contributed by atoms with E-state index in [1.54, 1.807) is 0 Å². The molecule has 18 heavy (non-hydrogen) atoms. The summed E-state index contributed by atoms with van der Waals surface area (Å²) in [6.07, 6.45) is -4.30. The number of aliphatic hydroxyl groups excluding tert-OH is 1. The van der Waals surface area contributed by atoms with Crippen LogP contribution in [0.4, 0.5) is 17.6 Å². The van der Waals surface area contributed by atoms with E-state index in [1.807, 2.05) is 0 Å². The standard InChI is InChI=1S/C11H13F4NO.ClH/c12-8-4-1-3-7(11(13,14)15)10(8)9(16)5-2-6-17;/h1,3-4,9,17H,2,5-6,16H2;1H/t9-;/m1./s1. The van der Waals surface area contributed by atoms with E-state index in [1.165, 1.54) is 0 Å². The van der Waals surface area contributed by atoms with E-state index in [2.05, 4.69) is 0 Å². The number of aliphatic hydroxyl groups is 1.